The molecule has 7 nitrogen and oxygen atoms in total. The second kappa shape index (κ2) is 8.55. The van der Waals surface area contributed by atoms with Gasteiger partial charge in [0.05, 0.1) is 24.6 Å². The van der Waals surface area contributed by atoms with Crippen molar-refractivity contribution >= 4 is 17.5 Å². The van der Waals surface area contributed by atoms with E-state index in [1.807, 2.05) is 0 Å². The first kappa shape index (κ1) is 18.0. The summed E-state index contributed by atoms with van der Waals surface area (Å²) < 4.78 is 5.29. The predicted molar refractivity (Wildman–Crippen MR) is 95.3 cm³/mol. The van der Waals surface area contributed by atoms with Gasteiger partial charge in [0.1, 0.15) is 0 Å². The maximum Gasteiger partial charge on any atom is 0.255 e. The highest BCUT2D eigenvalue weighted by atomic mass is 16.5. The lowest BCUT2D eigenvalue weighted by Gasteiger charge is -2.26. The molecule has 2 aliphatic rings. The fourth-order valence-electron chi connectivity index (χ4n) is 2.75. The summed E-state index contributed by atoms with van der Waals surface area (Å²) in [6.07, 6.45) is 2.41. The summed E-state index contributed by atoms with van der Waals surface area (Å²) in [6, 6.07) is 8.53. The highest BCUT2D eigenvalue weighted by molar-refractivity contribution is 6.21. The number of allylic oxidation sites excluding steroid dienone is 2. The van der Waals surface area contributed by atoms with Crippen molar-refractivity contribution in [3.05, 3.63) is 59.4 Å². The van der Waals surface area contributed by atoms with Crippen molar-refractivity contribution in [2.45, 2.75) is 0 Å². The van der Waals surface area contributed by atoms with Crippen molar-refractivity contribution < 1.29 is 19.1 Å². The van der Waals surface area contributed by atoms with Crippen molar-refractivity contribution in [1.29, 1.82) is 0 Å². The summed E-state index contributed by atoms with van der Waals surface area (Å²) in [5, 5.41) is 5.51. The number of morpholine rings is 1. The van der Waals surface area contributed by atoms with E-state index >= 15 is 0 Å². The number of rotatable bonds is 6. The molecule has 1 aliphatic carbocycles. The summed E-state index contributed by atoms with van der Waals surface area (Å²) in [6.45, 7) is 4.49. The van der Waals surface area contributed by atoms with Gasteiger partial charge in [-0.3, -0.25) is 19.3 Å². The molecule has 1 saturated heterocycles. The third-order valence-corrected chi connectivity index (χ3v) is 4.21. The molecule has 0 bridgehead atoms. The van der Waals surface area contributed by atoms with Crippen molar-refractivity contribution in [1.82, 2.24) is 15.5 Å². The van der Waals surface area contributed by atoms with E-state index in [-0.39, 0.29) is 17.2 Å². The Hall–Kier alpha value is -2.77. The quantitative estimate of drug-likeness (QED) is 0.712. The summed E-state index contributed by atoms with van der Waals surface area (Å²) in [7, 11) is 0. The normalized spacial score (nSPS) is 18.2. The Morgan fingerprint density at radius 1 is 1.00 bits per heavy atom. The Morgan fingerprint density at radius 2 is 1.65 bits per heavy atom. The van der Waals surface area contributed by atoms with E-state index < -0.39 is 11.7 Å². The van der Waals surface area contributed by atoms with E-state index in [9.17, 15) is 14.4 Å². The minimum absolute atomic E-state index is 0.0115. The van der Waals surface area contributed by atoms with Gasteiger partial charge in [-0.1, -0.05) is 18.2 Å². The fourth-order valence-corrected chi connectivity index (χ4v) is 2.75. The van der Waals surface area contributed by atoms with Crippen LogP contribution in [0.15, 0.2) is 53.9 Å². The average Bonchev–Trinajstić information content (AvgIpc) is 2.67. The van der Waals surface area contributed by atoms with Gasteiger partial charge < -0.3 is 15.4 Å². The first-order valence-corrected chi connectivity index (χ1v) is 8.56. The molecule has 26 heavy (non-hydrogen) atoms. The largest absolute Gasteiger partial charge is 0.380 e. The van der Waals surface area contributed by atoms with Gasteiger partial charge in [-0.2, -0.15) is 0 Å². The molecule has 0 spiro atoms. The molecule has 0 unspecified atom stereocenters. The van der Waals surface area contributed by atoms with Crippen LogP contribution in [0.3, 0.4) is 0 Å². The molecular weight excluding hydrogens is 334 g/mol. The second-order valence-corrected chi connectivity index (χ2v) is 6.05. The highest BCUT2D eigenvalue weighted by Gasteiger charge is 2.22. The van der Waals surface area contributed by atoms with Crippen LogP contribution in [-0.4, -0.2) is 61.8 Å². The van der Waals surface area contributed by atoms with E-state index in [1.54, 1.807) is 30.3 Å². The molecule has 0 atom stereocenters. The van der Waals surface area contributed by atoms with E-state index in [0.717, 1.165) is 19.6 Å². The molecular formula is C19H21N3O4. The fraction of sp³-hybridized carbons (Fsp3) is 0.316. The lowest BCUT2D eigenvalue weighted by molar-refractivity contribution is -0.115. The third kappa shape index (κ3) is 4.65. The standard InChI is InChI=1S/C19H21N3O4/c23-17-13-16(21-19(25)14-4-2-1-3-5-14)18(24)12-15(17)20-6-7-22-8-10-26-11-9-22/h1-5,12-13,20H,6-11H2,(H,21,25). The Labute approximate surface area is 151 Å². The van der Waals surface area contributed by atoms with Crippen LogP contribution in [0.5, 0.6) is 0 Å². The number of benzene rings is 1. The zero-order valence-corrected chi connectivity index (χ0v) is 14.4. The Balaban J connectivity index is 1.53. The van der Waals surface area contributed by atoms with Gasteiger partial charge in [0.15, 0.2) is 0 Å². The number of hydrogen-bond donors (Lipinski definition) is 2. The van der Waals surface area contributed by atoms with Crippen molar-refractivity contribution in [2.75, 3.05) is 39.4 Å². The molecule has 7 heteroatoms. The number of ketones is 2. The van der Waals surface area contributed by atoms with Gasteiger partial charge in [-0.25, -0.2) is 0 Å². The average molecular weight is 355 g/mol. The van der Waals surface area contributed by atoms with E-state index in [4.69, 9.17) is 4.74 Å². The van der Waals surface area contributed by atoms with Gasteiger partial charge in [0.25, 0.3) is 5.91 Å². The molecule has 3 rings (SSSR count). The van der Waals surface area contributed by atoms with Gasteiger partial charge in [0, 0.05) is 43.9 Å². The van der Waals surface area contributed by atoms with Crippen LogP contribution in [0.2, 0.25) is 0 Å². The molecule has 1 aliphatic heterocycles. The molecule has 1 heterocycles. The van der Waals surface area contributed by atoms with Crippen LogP contribution in [-0.2, 0) is 14.3 Å². The summed E-state index contributed by atoms with van der Waals surface area (Å²) >= 11 is 0. The van der Waals surface area contributed by atoms with E-state index in [2.05, 4.69) is 15.5 Å². The molecule has 2 N–H and O–H groups in total. The number of carbonyl (C=O) groups is 3. The molecule has 0 saturated carbocycles. The van der Waals surface area contributed by atoms with Gasteiger partial charge in [-0.15, -0.1) is 0 Å². The van der Waals surface area contributed by atoms with E-state index in [1.165, 1.54) is 12.2 Å². The van der Waals surface area contributed by atoms with Crippen LogP contribution in [0.1, 0.15) is 10.4 Å². The molecule has 0 aromatic heterocycles. The summed E-state index contributed by atoms with van der Waals surface area (Å²) in [5.41, 5.74) is 0.663. The minimum atomic E-state index is -0.421. The molecule has 1 amide bonds. The van der Waals surface area contributed by atoms with E-state index in [0.29, 0.717) is 25.3 Å². The zero-order valence-electron chi connectivity index (χ0n) is 14.4. The Kier molecular flexibility index (Phi) is 5.93. The first-order chi connectivity index (χ1) is 12.6. The SMILES string of the molecule is O=C1C=C(NC(=O)c2ccccc2)C(=O)C=C1NCCN1CCOCC1. The maximum atomic E-state index is 12.2. The monoisotopic (exact) mass is 355 g/mol. The van der Waals surface area contributed by atoms with Crippen molar-refractivity contribution in [3.63, 3.8) is 0 Å². The first-order valence-electron chi connectivity index (χ1n) is 8.56. The smallest absolute Gasteiger partial charge is 0.255 e. The predicted octanol–water partition coefficient (Wildman–Crippen LogP) is 0.258. The number of ether oxygens (including phenoxy) is 1. The summed E-state index contributed by atoms with van der Waals surface area (Å²) in [5.74, 6) is -1.15. The molecule has 1 fully saturated rings. The lowest BCUT2D eigenvalue weighted by atomic mass is 10.1. The highest BCUT2D eigenvalue weighted by Crippen LogP contribution is 2.09. The van der Waals surface area contributed by atoms with Gasteiger partial charge in [0.2, 0.25) is 11.6 Å². The topological polar surface area (TPSA) is 87.7 Å². The van der Waals surface area contributed by atoms with Crippen LogP contribution in [0.4, 0.5) is 0 Å². The molecule has 0 radical (unpaired) electrons. The van der Waals surface area contributed by atoms with Crippen LogP contribution < -0.4 is 10.6 Å². The molecule has 1 aromatic rings. The van der Waals surface area contributed by atoms with Crippen molar-refractivity contribution in [2.24, 2.45) is 0 Å². The zero-order chi connectivity index (χ0) is 18.4. The van der Waals surface area contributed by atoms with Crippen molar-refractivity contribution in [3.8, 4) is 0 Å². The van der Waals surface area contributed by atoms with Crippen LogP contribution in [0, 0.1) is 0 Å². The molecule has 136 valence electrons. The number of nitrogens with zero attached hydrogens (tertiary/aromatic N) is 1. The Morgan fingerprint density at radius 3 is 2.38 bits per heavy atom. The third-order valence-electron chi connectivity index (χ3n) is 4.21. The second-order valence-electron chi connectivity index (χ2n) is 6.05. The number of nitrogens with one attached hydrogen (secondary N) is 2. The Bertz CT molecular complexity index is 749. The van der Waals surface area contributed by atoms with Crippen LogP contribution >= 0.6 is 0 Å². The molecule has 1 aromatic carbocycles. The number of amides is 1. The van der Waals surface area contributed by atoms with Crippen LogP contribution in [0.25, 0.3) is 0 Å². The number of hydrogen-bond acceptors (Lipinski definition) is 6. The number of carbonyl (C=O) groups excluding carboxylic acids is 3. The summed E-state index contributed by atoms with van der Waals surface area (Å²) in [4.78, 5) is 38.8. The lowest BCUT2D eigenvalue weighted by Crippen LogP contribution is -2.41. The minimum Gasteiger partial charge on any atom is -0.380 e. The van der Waals surface area contributed by atoms with Gasteiger partial charge >= 0.3 is 0 Å². The maximum absolute atomic E-state index is 12.2. The van der Waals surface area contributed by atoms with Gasteiger partial charge in [-0.05, 0) is 12.1 Å².